The number of ether oxygens (including phenoxy) is 1. The fourth-order valence-corrected chi connectivity index (χ4v) is 1.39. The van der Waals surface area contributed by atoms with E-state index in [1.165, 1.54) is 6.07 Å². The second-order valence-electron chi connectivity index (χ2n) is 4.97. The van der Waals surface area contributed by atoms with E-state index in [4.69, 9.17) is 15.3 Å². The minimum atomic E-state index is -0.770. The lowest BCUT2D eigenvalue weighted by Gasteiger charge is -2.21. The summed E-state index contributed by atoms with van der Waals surface area (Å²) < 4.78 is 18.5. The van der Waals surface area contributed by atoms with E-state index in [-0.39, 0.29) is 12.1 Å². The Kier molecular flexibility index (Phi) is 5.26. The van der Waals surface area contributed by atoms with Gasteiger partial charge in [-0.1, -0.05) is 18.2 Å². The first-order valence-electron chi connectivity index (χ1n) is 5.92. The Balaban J connectivity index is 2.59. The van der Waals surface area contributed by atoms with Crippen LogP contribution >= 0.6 is 0 Å². The van der Waals surface area contributed by atoms with Crippen LogP contribution in [0.4, 0.5) is 9.18 Å². The molecule has 1 rings (SSSR count). The predicted octanol–water partition coefficient (Wildman–Crippen LogP) is 2.28. The maximum Gasteiger partial charge on any atom is 0.431 e. The van der Waals surface area contributed by atoms with Crippen LogP contribution in [0, 0.1) is 5.82 Å². The predicted molar refractivity (Wildman–Crippen MR) is 68.7 cm³/mol. The summed E-state index contributed by atoms with van der Waals surface area (Å²) in [5.41, 5.74) is 7.25. The topological polar surface area (TPSA) is 73.6 Å². The van der Waals surface area contributed by atoms with Gasteiger partial charge in [-0.2, -0.15) is 5.48 Å². The molecule has 0 aromatic heterocycles. The number of hydrogen-bond donors (Lipinski definition) is 2. The first kappa shape index (κ1) is 15.4. The monoisotopic (exact) mass is 270 g/mol. The minimum absolute atomic E-state index is 0.0245. The van der Waals surface area contributed by atoms with Gasteiger partial charge in [0.25, 0.3) is 0 Å². The van der Waals surface area contributed by atoms with Gasteiger partial charge in [0, 0.05) is 12.1 Å². The molecule has 0 radical (unpaired) electrons. The first-order chi connectivity index (χ1) is 8.83. The maximum atomic E-state index is 13.5. The highest BCUT2D eigenvalue weighted by Gasteiger charge is 2.19. The summed E-state index contributed by atoms with van der Waals surface area (Å²) in [4.78, 5) is 16.5. The number of hydrogen-bond acceptors (Lipinski definition) is 4. The fourth-order valence-electron chi connectivity index (χ4n) is 1.39. The number of carbonyl (C=O) groups is 1. The molecule has 0 heterocycles. The molecule has 19 heavy (non-hydrogen) atoms. The van der Waals surface area contributed by atoms with Gasteiger partial charge in [0.15, 0.2) is 0 Å². The number of nitrogens with one attached hydrogen (secondary N) is 1. The van der Waals surface area contributed by atoms with Crippen LogP contribution in [0.1, 0.15) is 32.4 Å². The van der Waals surface area contributed by atoms with E-state index in [1.54, 1.807) is 39.0 Å². The normalized spacial score (nSPS) is 12.9. The van der Waals surface area contributed by atoms with Gasteiger partial charge in [0.1, 0.15) is 17.5 Å². The van der Waals surface area contributed by atoms with Crippen molar-refractivity contribution in [2.24, 2.45) is 5.73 Å². The van der Waals surface area contributed by atoms with Crippen LogP contribution in [-0.2, 0) is 9.57 Å². The molecule has 1 aromatic rings. The van der Waals surface area contributed by atoms with Gasteiger partial charge < -0.3 is 10.5 Å². The molecule has 1 aromatic carbocycles. The van der Waals surface area contributed by atoms with Crippen molar-refractivity contribution in [2.75, 3.05) is 6.54 Å². The Morgan fingerprint density at radius 2 is 2.05 bits per heavy atom. The summed E-state index contributed by atoms with van der Waals surface area (Å²) in [6.07, 6.45) is -1.52. The van der Waals surface area contributed by atoms with Crippen LogP contribution in [-0.4, -0.2) is 18.2 Å². The number of hydroxylamine groups is 1. The lowest BCUT2D eigenvalue weighted by molar-refractivity contribution is -0.0413. The third kappa shape index (κ3) is 5.23. The van der Waals surface area contributed by atoms with Crippen LogP contribution in [0.15, 0.2) is 24.3 Å². The molecule has 5 nitrogen and oxygen atoms in total. The van der Waals surface area contributed by atoms with Gasteiger partial charge in [-0.25, -0.2) is 9.18 Å². The SMILES string of the molecule is CC(C)(C)OC(=O)NOC(CN)c1ccccc1F. The molecule has 6 heteroatoms. The van der Waals surface area contributed by atoms with Crippen LogP contribution in [0.5, 0.6) is 0 Å². The molecule has 0 saturated heterocycles. The summed E-state index contributed by atoms with van der Waals surface area (Å²) in [6.45, 7) is 5.20. The number of amides is 1. The molecule has 0 spiro atoms. The Bertz CT molecular complexity index is 432. The fraction of sp³-hybridized carbons (Fsp3) is 0.462. The molecule has 0 aliphatic carbocycles. The lowest BCUT2D eigenvalue weighted by atomic mass is 10.1. The van der Waals surface area contributed by atoms with Crippen molar-refractivity contribution >= 4 is 6.09 Å². The quantitative estimate of drug-likeness (QED) is 0.823. The number of carbonyl (C=O) groups excluding carboxylic acids is 1. The van der Waals surface area contributed by atoms with Gasteiger partial charge in [0.2, 0.25) is 0 Å². The van der Waals surface area contributed by atoms with Crippen molar-refractivity contribution in [3.05, 3.63) is 35.6 Å². The van der Waals surface area contributed by atoms with E-state index in [9.17, 15) is 9.18 Å². The molecule has 0 aliphatic heterocycles. The third-order valence-electron chi connectivity index (χ3n) is 2.15. The van der Waals surface area contributed by atoms with Crippen molar-refractivity contribution in [1.82, 2.24) is 5.48 Å². The largest absolute Gasteiger partial charge is 0.442 e. The Labute approximate surface area is 111 Å². The van der Waals surface area contributed by atoms with Crippen molar-refractivity contribution in [3.8, 4) is 0 Å². The second-order valence-corrected chi connectivity index (χ2v) is 4.97. The number of rotatable bonds is 4. The summed E-state index contributed by atoms with van der Waals surface area (Å²) >= 11 is 0. The summed E-state index contributed by atoms with van der Waals surface area (Å²) in [7, 11) is 0. The van der Waals surface area contributed by atoms with Crippen molar-refractivity contribution < 1.29 is 18.8 Å². The molecule has 1 atom stereocenters. The average molecular weight is 270 g/mol. The van der Waals surface area contributed by atoms with E-state index in [0.29, 0.717) is 0 Å². The summed E-state index contributed by atoms with van der Waals surface area (Å²) in [6, 6.07) is 6.07. The zero-order valence-corrected chi connectivity index (χ0v) is 11.3. The molecule has 0 bridgehead atoms. The molecule has 1 amide bonds. The molecule has 1 unspecified atom stereocenters. The lowest BCUT2D eigenvalue weighted by Crippen LogP contribution is -2.35. The van der Waals surface area contributed by atoms with Crippen molar-refractivity contribution in [2.45, 2.75) is 32.5 Å². The highest BCUT2D eigenvalue weighted by Crippen LogP contribution is 2.18. The van der Waals surface area contributed by atoms with Gasteiger partial charge in [-0.3, -0.25) is 4.84 Å². The van der Waals surface area contributed by atoms with Crippen LogP contribution in [0.3, 0.4) is 0 Å². The van der Waals surface area contributed by atoms with E-state index < -0.39 is 23.6 Å². The molecule has 0 fully saturated rings. The zero-order chi connectivity index (χ0) is 14.5. The van der Waals surface area contributed by atoms with Gasteiger partial charge in [-0.15, -0.1) is 0 Å². The Morgan fingerprint density at radius 1 is 1.42 bits per heavy atom. The van der Waals surface area contributed by atoms with Crippen molar-refractivity contribution in [1.29, 1.82) is 0 Å². The standard InChI is InChI=1S/C13H19FN2O3/c1-13(2,3)18-12(17)16-19-11(8-15)9-6-4-5-7-10(9)14/h4-7,11H,8,15H2,1-3H3,(H,16,17). The van der Waals surface area contributed by atoms with E-state index in [1.807, 2.05) is 0 Å². The van der Waals surface area contributed by atoms with Crippen LogP contribution in [0.2, 0.25) is 0 Å². The molecule has 3 N–H and O–H groups in total. The van der Waals surface area contributed by atoms with E-state index in [2.05, 4.69) is 5.48 Å². The zero-order valence-electron chi connectivity index (χ0n) is 11.3. The minimum Gasteiger partial charge on any atom is -0.442 e. The molecule has 106 valence electrons. The molecule has 0 aliphatic rings. The number of benzene rings is 1. The average Bonchev–Trinajstić information content (AvgIpc) is 2.29. The third-order valence-corrected chi connectivity index (χ3v) is 2.15. The summed E-state index contributed by atoms with van der Waals surface area (Å²) in [5.74, 6) is -0.441. The van der Waals surface area contributed by atoms with Gasteiger partial charge in [0.05, 0.1) is 0 Å². The van der Waals surface area contributed by atoms with Crippen LogP contribution < -0.4 is 11.2 Å². The van der Waals surface area contributed by atoms with Crippen LogP contribution in [0.25, 0.3) is 0 Å². The van der Waals surface area contributed by atoms with Gasteiger partial charge >= 0.3 is 6.09 Å². The first-order valence-corrected chi connectivity index (χ1v) is 5.92. The van der Waals surface area contributed by atoms with E-state index >= 15 is 0 Å². The maximum absolute atomic E-state index is 13.5. The summed E-state index contributed by atoms with van der Waals surface area (Å²) in [5, 5.41) is 0. The number of nitrogens with two attached hydrogens (primary N) is 1. The van der Waals surface area contributed by atoms with Crippen molar-refractivity contribution in [3.63, 3.8) is 0 Å². The Morgan fingerprint density at radius 3 is 2.58 bits per heavy atom. The van der Waals surface area contributed by atoms with E-state index in [0.717, 1.165) is 0 Å². The highest BCUT2D eigenvalue weighted by molar-refractivity contribution is 5.66. The molecular formula is C13H19FN2O3. The molecule has 0 saturated carbocycles. The smallest absolute Gasteiger partial charge is 0.431 e. The highest BCUT2D eigenvalue weighted by atomic mass is 19.1. The Hall–Kier alpha value is -1.66. The second kappa shape index (κ2) is 6.49. The molecular weight excluding hydrogens is 251 g/mol. The number of halogens is 1. The van der Waals surface area contributed by atoms with Gasteiger partial charge in [-0.05, 0) is 26.8 Å².